The first kappa shape index (κ1) is 12.6. The summed E-state index contributed by atoms with van der Waals surface area (Å²) in [4.78, 5) is 11.7. The molecule has 3 nitrogen and oxygen atoms in total. The second kappa shape index (κ2) is 6.88. The van der Waals surface area contributed by atoms with E-state index in [2.05, 4.69) is 6.92 Å². The van der Waals surface area contributed by atoms with Gasteiger partial charge in [-0.05, 0) is 25.5 Å². The second-order valence-electron chi connectivity index (χ2n) is 3.42. The Labute approximate surface area is 96.4 Å². The minimum absolute atomic E-state index is 0.308. The van der Waals surface area contributed by atoms with Gasteiger partial charge in [0, 0.05) is 0 Å². The highest BCUT2D eigenvalue weighted by molar-refractivity contribution is 5.92. The molecule has 0 aliphatic carbocycles. The number of para-hydroxylation sites is 1. The van der Waals surface area contributed by atoms with Crippen molar-refractivity contribution in [3.63, 3.8) is 0 Å². The lowest BCUT2D eigenvalue weighted by atomic mass is 10.2. The standard InChI is InChI=1S/C13H18O3/c1-3-5-10-16-13(14)11-8-6-7-9-12(11)15-4-2/h6-9H,3-5,10H2,1-2H3. The van der Waals surface area contributed by atoms with E-state index in [1.165, 1.54) is 0 Å². The maximum atomic E-state index is 11.7. The van der Waals surface area contributed by atoms with Crippen molar-refractivity contribution in [2.45, 2.75) is 26.7 Å². The third kappa shape index (κ3) is 3.57. The van der Waals surface area contributed by atoms with Gasteiger partial charge in [0.25, 0.3) is 0 Å². The fourth-order valence-electron chi connectivity index (χ4n) is 1.30. The van der Waals surface area contributed by atoms with E-state index in [9.17, 15) is 4.79 Å². The Hall–Kier alpha value is -1.51. The quantitative estimate of drug-likeness (QED) is 0.548. The van der Waals surface area contributed by atoms with Gasteiger partial charge in [-0.3, -0.25) is 0 Å². The van der Waals surface area contributed by atoms with Crippen molar-refractivity contribution in [1.82, 2.24) is 0 Å². The molecule has 0 atom stereocenters. The SMILES string of the molecule is CCCCOC(=O)c1ccccc1OCC. The average molecular weight is 222 g/mol. The first-order chi connectivity index (χ1) is 7.79. The lowest BCUT2D eigenvalue weighted by molar-refractivity contribution is 0.0495. The Bertz CT molecular complexity index is 334. The van der Waals surface area contributed by atoms with Gasteiger partial charge in [-0.1, -0.05) is 25.5 Å². The summed E-state index contributed by atoms with van der Waals surface area (Å²) in [7, 11) is 0. The summed E-state index contributed by atoms with van der Waals surface area (Å²) in [6.07, 6.45) is 1.91. The first-order valence-corrected chi connectivity index (χ1v) is 5.68. The maximum absolute atomic E-state index is 11.7. The number of esters is 1. The van der Waals surface area contributed by atoms with E-state index in [4.69, 9.17) is 9.47 Å². The summed E-state index contributed by atoms with van der Waals surface area (Å²) < 4.78 is 10.5. The largest absolute Gasteiger partial charge is 0.493 e. The van der Waals surface area contributed by atoms with Crippen molar-refractivity contribution in [3.05, 3.63) is 29.8 Å². The number of unbranched alkanes of at least 4 members (excludes halogenated alkanes) is 1. The molecule has 88 valence electrons. The number of hydrogen-bond acceptors (Lipinski definition) is 3. The molecule has 0 saturated heterocycles. The van der Waals surface area contributed by atoms with Crippen LogP contribution >= 0.6 is 0 Å². The van der Waals surface area contributed by atoms with Crippen LogP contribution in [0.25, 0.3) is 0 Å². The van der Waals surface area contributed by atoms with Gasteiger partial charge in [0.05, 0.1) is 13.2 Å². The first-order valence-electron chi connectivity index (χ1n) is 5.68. The van der Waals surface area contributed by atoms with E-state index >= 15 is 0 Å². The van der Waals surface area contributed by atoms with Gasteiger partial charge in [0.15, 0.2) is 0 Å². The minimum Gasteiger partial charge on any atom is -0.493 e. The van der Waals surface area contributed by atoms with Crippen molar-refractivity contribution in [2.75, 3.05) is 13.2 Å². The van der Waals surface area contributed by atoms with Crippen molar-refractivity contribution >= 4 is 5.97 Å². The molecular formula is C13H18O3. The monoisotopic (exact) mass is 222 g/mol. The summed E-state index contributed by atoms with van der Waals surface area (Å²) >= 11 is 0. The van der Waals surface area contributed by atoms with Crippen LogP contribution in [0.4, 0.5) is 0 Å². The van der Waals surface area contributed by atoms with Crippen LogP contribution in [-0.4, -0.2) is 19.2 Å². The molecule has 16 heavy (non-hydrogen) atoms. The van der Waals surface area contributed by atoms with E-state index in [0.717, 1.165) is 12.8 Å². The topological polar surface area (TPSA) is 35.5 Å². The van der Waals surface area contributed by atoms with Crippen LogP contribution in [0.15, 0.2) is 24.3 Å². The smallest absolute Gasteiger partial charge is 0.341 e. The van der Waals surface area contributed by atoms with Gasteiger partial charge in [-0.15, -0.1) is 0 Å². The van der Waals surface area contributed by atoms with E-state index < -0.39 is 0 Å². The molecule has 3 heteroatoms. The molecule has 0 spiro atoms. The molecule has 1 rings (SSSR count). The van der Waals surface area contributed by atoms with Crippen molar-refractivity contribution < 1.29 is 14.3 Å². The van der Waals surface area contributed by atoms with E-state index in [1.54, 1.807) is 18.2 Å². The average Bonchev–Trinajstić information content (AvgIpc) is 2.30. The number of benzene rings is 1. The summed E-state index contributed by atoms with van der Waals surface area (Å²) in [6, 6.07) is 7.14. The van der Waals surface area contributed by atoms with Crippen molar-refractivity contribution in [2.24, 2.45) is 0 Å². The van der Waals surface area contributed by atoms with Gasteiger partial charge in [-0.2, -0.15) is 0 Å². The fourth-order valence-corrected chi connectivity index (χ4v) is 1.30. The summed E-state index contributed by atoms with van der Waals surface area (Å²) in [6.45, 7) is 4.95. The molecule has 0 saturated carbocycles. The number of rotatable bonds is 6. The summed E-state index contributed by atoms with van der Waals surface area (Å²) in [5.41, 5.74) is 0.500. The third-order valence-electron chi connectivity index (χ3n) is 2.14. The molecule has 0 amide bonds. The van der Waals surface area contributed by atoms with Gasteiger partial charge in [0.1, 0.15) is 11.3 Å². The van der Waals surface area contributed by atoms with Crippen molar-refractivity contribution in [1.29, 1.82) is 0 Å². The van der Waals surface area contributed by atoms with E-state index in [1.807, 2.05) is 13.0 Å². The summed E-state index contributed by atoms with van der Waals surface area (Å²) in [5, 5.41) is 0. The fraction of sp³-hybridized carbons (Fsp3) is 0.462. The highest BCUT2D eigenvalue weighted by Crippen LogP contribution is 2.18. The molecular weight excluding hydrogens is 204 g/mol. The number of carbonyl (C=O) groups excluding carboxylic acids is 1. The summed E-state index contributed by atoms with van der Waals surface area (Å²) in [5.74, 6) is 0.281. The Morgan fingerprint density at radius 3 is 2.69 bits per heavy atom. The Kier molecular flexibility index (Phi) is 5.40. The Morgan fingerprint density at radius 1 is 1.25 bits per heavy atom. The highest BCUT2D eigenvalue weighted by Gasteiger charge is 2.12. The second-order valence-corrected chi connectivity index (χ2v) is 3.42. The van der Waals surface area contributed by atoms with Crippen LogP contribution < -0.4 is 4.74 Å². The van der Waals surface area contributed by atoms with Gasteiger partial charge < -0.3 is 9.47 Å². The van der Waals surface area contributed by atoms with Crippen LogP contribution in [0.5, 0.6) is 5.75 Å². The molecule has 0 bridgehead atoms. The van der Waals surface area contributed by atoms with Crippen LogP contribution in [0.3, 0.4) is 0 Å². The lowest BCUT2D eigenvalue weighted by Crippen LogP contribution is -2.08. The normalized spacial score (nSPS) is 9.88. The van der Waals surface area contributed by atoms with Gasteiger partial charge in [-0.25, -0.2) is 4.79 Å². The molecule has 0 aromatic heterocycles. The Balaban J connectivity index is 2.66. The highest BCUT2D eigenvalue weighted by atomic mass is 16.5. The molecule has 0 N–H and O–H groups in total. The molecule has 1 aromatic carbocycles. The molecule has 0 unspecified atom stereocenters. The van der Waals surface area contributed by atoms with Gasteiger partial charge >= 0.3 is 5.97 Å². The minimum atomic E-state index is -0.308. The predicted molar refractivity (Wildman–Crippen MR) is 62.8 cm³/mol. The zero-order valence-electron chi connectivity index (χ0n) is 9.86. The molecule has 0 aliphatic heterocycles. The number of hydrogen-bond donors (Lipinski definition) is 0. The third-order valence-corrected chi connectivity index (χ3v) is 2.14. The number of carbonyl (C=O) groups is 1. The van der Waals surface area contributed by atoms with Crippen molar-refractivity contribution in [3.8, 4) is 5.75 Å². The maximum Gasteiger partial charge on any atom is 0.341 e. The van der Waals surface area contributed by atoms with Crippen LogP contribution in [-0.2, 0) is 4.74 Å². The number of ether oxygens (including phenoxy) is 2. The molecule has 0 heterocycles. The molecule has 0 aliphatic rings. The van der Waals surface area contributed by atoms with Crippen LogP contribution in [0, 0.1) is 0 Å². The van der Waals surface area contributed by atoms with E-state index in [0.29, 0.717) is 24.5 Å². The van der Waals surface area contributed by atoms with Crippen LogP contribution in [0.2, 0.25) is 0 Å². The zero-order chi connectivity index (χ0) is 11.8. The Morgan fingerprint density at radius 2 is 2.00 bits per heavy atom. The molecule has 1 aromatic rings. The predicted octanol–water partition coefficient (Wildman–Crippen LogP) is 3.04. The zero-order valence-corrected chi connectivity index (χ0v) is 9.86. The lowest BCUT2D eigenvalue weighted by Gasteiger charge is -2.09. The molecule has 0 radical (unpaired) electrons. The van der Waals surface area contributed by atoms with E-state index in [-0.39, 0.29) is 5.97 Å². The van der Waals surface area contributed by atoms with Gasteiger partial charge in [0.2, 0.25) is 0 Å². The molecule has 0 fully saturated rings. The van der Waals surface area contributed by atoms with Crippen LogP contribution in [0.1, 0.15) is 37.0 Å².